The van der Waals surface area contributed by atoms with Crippen molar-refractivity contribution in [1.82, 2.24) is 5.32 Å². The molecule has 0 saturated heterocycles. The van der Waals surface area contributed by atoms with Gasteiger partial charge in [-0.3, -0.25) is 0 Å². The van der Waals surface area contributed by atoms with Crippen LogP contribution >= 0.6 is 0 Å². The normalized spacial score (nSPS) is 14.8. The Morgan fingerprint density at radius 3 is 2.04 bits per heavy atom. The summed E-state index contributed by atoms with van der Waals surface area (Å²) >= 11 is 0. The van der Waals surface area contributed by atoms with Crippen molar-refractivity contribution in [3.05, 3.63) is 96.1 Å². The first-order valence-electron chi connectivity index (χ1n) is 9.47. The number of rotatable bonds is 8. The van der Waals surface area contributed by atoms with E-state index in [1.54, 1.807) is 0 Å². The lowest BCUT2D eigenvalue weighted by Crippen LogP contribution is -2.21. The molecule has 132 valence electrons. The number of hydrogen-bond acceptors (Lipinski definition) is 2. The van der Waals surface area contributed by atoms with E-state index in [0.717, 1.165) is 24.0 Å². The van der Waals surface area contributed by atoms with Gasteiger partial charge in [0, 0.05) is 12.6 Å². The van der Waals surface area contributed by atoms with E-state index in [-0.39, 0.29) is 0 Å². The molecule has 0 amide bonds. The van der Waals surface area contributed by atoms with Gasteiger partial charge in [-0.15, -0.1) is 0 Å². The molecule has 1 unspecified atom stereocenters. The fraction of sp³-hybridized carbons (Fsp3) is 0.250. The molecule has 0 aromatic heterocycles. The first-order valence-corrected chi connectivity index (χ1v) is 9.47. The predicted molar refractivity (Wildman–Crippen MR) is 106 cm³/mol. The first kappa shape index (κ1) is 16.9. The molecule has 0 heterocycles. The van der Waals surface area contributed by atoms with E-state index in [0.29, 0.717) is 6.04 Å². The maximum Gasteiger partial charge on any atom is 0.127 e. The molecule has 1 aliphatic rings. The average molecular weight is 343 g/mol. The fourth-order valence-corrected chi connectivity index (χ4v) is 3.25. The summed E-state index contributed by atoms with van der Waals surface area (Å²) in [6.07, 6.45) is 4.01. The minimum Gasteiger partial charge on any atom is -0.457 e. The van der Waals surface area contributed by atoms with Crippen molar-refractivity contribution < 1.29 is 4.74 Å². The van der Waals surface area contributed by atoms with Crippen molar-refractivity contribution in [2.45, 2.75) is 31.8 Å². The fourth-order valence-electron chi connectivity index (χ4n) is 3.25. The molecular formula is C24H25NO. The molecule has 0 aliphatic heterocycles. The first-order chi connectivity index (χ1) is 12.9. The summed E-state index contributed by atoms with van der Waals surface area (Å²) in [6, 6.07) is 29.5. The topological polar surface area (TPSA) is 21.3 Å². The van der Waals surface area contributed by atoms with E-state index < -0.39 is 0 Å². The van der Waals surface area contributed by atoms with Gasteiger partial charge in [-0.1, -0.05) is 73.5 Å². The van der Waals surface area contributed by atoms with Crippen LogP contribution in [0.2, 0.25) is 0 Å². The molecular weight excluding hydrogens is 318 g/mol. The second-order valence-corrected chi connectivity index (χ2v) is 7.08. The zero-order valence-electron chi connectivity index (χ0n) is 15.0. The average Bonchev–Trinajstić information content (AvgIpc) is 3.52. The van der Waals surface area contributed by atoms with Crippen molar-refractivity contribution in [1.29, 1.82) is 0 Å². The van der Waals surface area contributed by atoms with Crippen LogP contribution in [0.1, 0.15) is 36.4 Å². The highest BCUT2D eigenvalue weighted by molar-refractivity contribution is 5.33. The molecule has 0 radical (unpaired) electrons. The van der Waals surface area contributed by atoms with Gasteiger partial charge in [0.05, 0.1) is 0 Å². The highest BCUT2D eigenvalue weighted by Crippen LogP contribution is 2.37. The zero-order valence-corrected chi connectivity index (χ0v) is 15.0. The molecule has 1 aliphatic carbocycles. The van der Waals surface area contributed by atoms with Gasteiger partial charge in [-0.05, 0) is 47.7 Å². The number of para-hydroxylation sites is 1. The van der Waals surface area contributed by atoms with Crippen LogP contribution in [-0.4, -0.2) is 0 Å². The number of hydrogen-bond donors (Lipinski definition) is 1. The Hall–Kier alpha value is -2.58. The Bertz CT molecular complexity index is 795. The van der Waals surface area contributed by atoms with Crippen LogP contribution in [0.3, 0.4) is 0 Å². The van der Waals surface area contributed by atoms with Crippen molar-refractivity contribution in [3.8, 4) is 11.5 Å². The van der Waals surface area contributed by atoms with Gasteiger partial charge in [0.15, 0.2) is 0 Å². The Morgan fingerprint density at radius 2 is 1.38 bits per heavy atom. The highest BCUT2D eigenvalue weighted by atomic mass is 16.5. The van der Waals surface area contributed by atoms with E-state index in [2.05, 4.69) is 47.8 Å². The Labute approximate surface area is 155 Å². The highest BCUT2D eigenvalue weighted by Gasteiger charge is 2.25. The second-order valence-electron chi connectivity index (χ2n) is 7.08. The van der Waals surface area contributed by atoms with Crippen LogP contribution in [0.4, 0.5) is 0 Å². The Morgan fingerprint density at radius 1 is 0.769 bits per heavy atom. The van der Waals surface area contributed by atoms with Crippen molar-refractivity contribution in [2.24, 2.45) is 5.92 Å². The molecule has 3 aromatic rings. The van der Waals surface area contributed by atoms with Crippen LogP contribution < -0.4 is 10.1 Å². The molecule has 0 spiro atoms. The third kappa shape index (κ3) is 4.74. The molecule has 1 saturated carbocycles. The summed E-state index contributed by atoms with van der Waals surface area (Å²) in [5, 5.41) is 3.75. The molecule has 1 N–H and O–H groups in total. The molecule has 0 bridgehead atoms. The van der Waals surface area contributed by atoms with E-state index in [1.807, 2.05) is 42.5 Å². The minimum absolute atomic E-state index is 0.434. The van der Waals surface area contributed by atoms with Crippen LogP contribution in [0, 0.1) is 5.92 Å². The lowest BCUT2D eigenvalue weighted by Gasteiger charge is -2.19. The van der Waals surface area contributed by atoms with Crippen molar-refractivity contribution in [2.75, 3.05) is 0 Å². The lowest BCUT2D eigenvalue weighted by molar-refractivity contribution is 0.471. The van der Waals surface area contributed by atoms with E-state index in [9.17, 15) is 0 Å². The largest absolute Gasteiger partial charge is 0.457 e. The molecule has 3 aromatic carbocycles. The zero-order chi connectivity index (χ0) is 17.6. The van der Waals surface area contributed by atoms with Crippen LogP contribution in [-0.2, 0) is 6.54 Å². The predicted octanol–water partition coefficient (Wildman–Crippen LogP) is 6.11. The minimum atomic E-state index is 0.434. The van der Waals surface area contributed by atoms with E-state index >= 15 is 0 Å². The standard InChI is InChI=1S/C24H25NO/c1-3-7-21(8-4-1)24(17-19-11-12-19)25-18-20-13-15-23(16-14-20)26-22-9-5-2-6-10-22/h1-10,13-16,19,24-25H,11-12,17-18H2. The van der Waals surface area contributed by atoms with Gasteiger partial charge in [0.1, 0.15) is 11.5 Å². The maximum atomic E-state index is 5.87. The van der Waals surface area contributed by atoms with Crippen LogP contribution in [0.5, 0.6) is 11.5 Å². The molecule has 2 heteroatoms. The van der Waals surface area contributed by atoms with Gasteiger partial charge in [-0.25, -0.2) is 0 Å². The molecule has 26 heavy (non-hydrogen) atoms. The lowest BCUT2D eigenvalue weighted by atomic mass is 10.0. The molecule has 1 fully saturated rings. The summed E-state index contributed by atoms with van der Waals surface area (Å²) in [5.41, 5.74) is 2.67. The number of ether oxygens (including phenoxy) is 1. The van der Waals surface area contributed by atoms with Gasteiger partial charge in [0.2, 0.25) is 0 Å². The van der Waals surface area contributed by atoms with Crippen molar-refractivity contribution in [3.63, 3.8) is 0 Å². The quantitative estimate of drug-likeness (QED) is 0.533. The second kappa shape index (κ2) is 8.20. The molecule has 2 nitrogen and oxygen atoms in total. The third-order valence-corrected chi connectivity index (χ3v) is 4.92. The van der Waals surface area contributed by atoms with Gasteiger partial charge < -0.3 is 10.1 Å². The number of benzene rings is 3. The van der Waals surface area contributed by atoms with E-state index in [4.69, 9.17) is 4.74 Å². The van der Waals surface area contributed by atoms with Crippen molar-refractivity contribution >= 4 is 0 Å². The van der Waals surface area contributed by atoms with E-state index in [1.165, 1.54) is 30.4 Å². The molecule has 1 atom stereocenters. The summed E-state index contributed by atoms with van der Waals surface area (Å²) in [6.45, 7) is 0.873. The van der Waals surface area contributed by atoms with Crippen LogP contribution in [0.15, 0.2) is 84.9 Å². The Kier molecular flexibility index (Phi) is 5.32. The summed E-state index contributed by atoms with van der Waals surface area (Å²) in [5.74, 6) is 2.64. The van der Waals surface area contributed by atoms with Crippen LogP contribution in [0.25, 0.3) is 0 Å². The Balaban J connectivity index is 1.36. The van der Waals surface area contributed by atoms with Gasteiger partial charge in [0.25, 0.3) is 0 Å². The summed E-state index contributed by atoms with van der Waals surface area (Å²) in [7, 11) is 0. The third-order valence-electron chi connectivity index (χ3n) is 4.92. The van der Waals surface area contributed by atoms with Gasteiger partial charge in [-0.2, -0.15) is 0 Å². The monoisotopic (exact) mass is 343 g/mol. The number of nitrogens with one attached hydrogen (secondary N) is 1. The smallest absolute Gasteiger partial charge is 0.127 e. The maximum absolute atomic E-state index is 5.87. The van der Waals surface area contributed by atoms with Gasteiger partial charge >= 0.3 is 0 Å². The summed E-state index contributed by atoms with van der Waals surface area (Å²) in [4.78, 5) is 0. The summed E-state index contributed by atoms with van der Waals surface area (Å²) < 4.78 is 5.87. The SMILES string of the molecule is c1ccc(Oc2ccc(CNC(CC3CC3)c3ccccc3)cc2)cc1. The molecule has 4 rings (SSSR count).